The number of rotatable bonds is 3. The Kier molecular flexibility index (Phi) is 4.37. The fourth-order valence-corrected chi connectivity index (χ4v) is 3.04. The number of nitrogens with zero attached hydrogens (tertiary/aromatic N) is 1. The average Bonchev–Trinajstić information content (AvgIpc) is 2.34. The summed E-state index contributed by atoms with van der Waals surface area (Å²) in [5, 5.41) is 0.726. The fraction of sp³-hybridized carbons (Fsp3) is 0.154. The molecule has 0 fully saturated rings. The maximum absolute atomic E-state index is 13.9. The van der Waals surface area contributed by atoms with Gasteiger partial charge in [0.05, 0.1) is 9.37 Å². The quantitative estimate of drug-likeness (QED) is 0.920. The molecule has 1 heterocycles. The Labute approximate surface area is 118 Å². The second-order valence-corrected chi connectivity index (χ2v) is 5.69. The predicted molar refractivity (Wildman–Crippen MR) is 75.1 cm³/mol. The Hall–Kier alpha value is -0.910. The van der Waals surface area contributed by atoms with Crippen molar-refractivity contribution in [3.05, 3.63) is 52.4 Å². The smallest absolute Gasteiger partial charge is 0.137 e. The van der Waals surface area contributed by atoms with Crippen LogP contribution in [0.5, 0.6) is 0 Å². The van der Waals surface area contributed by atoms with Crippen molar-refractivity contribution in [3.8, 4) is 0 Å². The Morgan fingerprint density at radius 2 is 2.11 bits per heavy atom. The summed E-state index contributed by atoms with van der Waals surface area (Å²) in [6.45, 7) is 1.84. The van der Waals surface area contributed by atoms with E-state index in [1.807, 2.05) is 25.1 Å². The van der Waals surface area contributed by atoms with E-state index in [0.29, 0.717) is 4.90 Å². The third-order valence-electron chi connectivity index (χ3n) is 2.41. The van der Waals surface area contributed by atoms with E-state index in [0.717, 1.165) is 15.1 Å². The van der Waals surface area contributed by atoms with E-state index in [4.69, 9.17) is 5.73 Å². The maximum atomic E-state index is 13.9. The van der Waals surface area contributed by atoms with Gasteiger partial charge in [0.15, 0.2) is 0 Å². The molecule has 2 N–H and O–H groups in total. The molecule has 2 aromatic rings. The van der Waals surface area contributed by atoms with Gasteiger partial charge < -0.3 is 5.73 Å². The van der Waals surface area contributed by atoms with Crippen LogP contribution in [0.1, 0.15) is 18.5 Å². The van der Waals surface area contributed by atoms with Gasteiger partial charge in [0.2, 0.25) is 0 Å². The molecule has 1 aromatic heterocycles. The van der Waals surface area contributed by atoms with Gasteiger partial charge in [-0.1, -0.05) is 23.9 Å². The van der Waals surface area contributed by atoms with E-state index in [1.54, 1.807) is 12.3 Å². The molecule has 1 aromatic carbocycles. The van der Waals surface area contributed by atoms with Gasteiger partial charge >= 0.3 is 0 Å². The molecule has 0 aliphatic heterocycles. The van der Waals surface area contributed by atoms with Crippen LogP contribution in [0.25, 0.3) is 0 Å². The molecule has 0 radical (unpaired) electrons. The normalized spacial score (nSPS) is 12.4. The summed E-state index contributed by atoms with van der Waals surface area (Å²) in [6, 6.07) is 8.43. The third-order valence-corrected chi connectivity index (χ3v) is 4.47. The lowest BCUT2D eigenvalue weighted by Gasteiger charge is -2.13. The molecule has 0 saturated carbocycles. The van der Waals surface area contributed by atoms with Crippen molar-refractivity contribution in [2.75, 3.05) is 0 Å². The lowest BCUT2D eigenvalue weighted by Crippen LogP contribution is -2.07. The number of pyridine rings is 1. The molecule has 0 bridgehead atoms. The van der Waals surface area contributed by atoms with Gasteiger partial charge in [0.1, 0.15) is 10.8 Å². The first-order valence-corrected chi connectivity index (χ1v) is 7.03. The number of halogens is 2. The highest BCUT2D eigenvalue weighted by Gasteiger charge is 2.14. The Morgan fingerprint density at radius 1 is 1.33 bits per heavy atom. The van der Waals surface area contributed by atoms with Crippen molar-refractivity contribution in [2.45, 2.75) is 22.9 Å². The minimum Gasteiger partial charge on any atom is -0.324 e. The van der Waals surface area contributed by atoms with E-state index in [1.165, 1.54) is 17.8 Å². The molecule has 5 heteroatoms. The zero-order chi connectivity index (χ0) is 13.1. The molecule has 0 aliphatic rings. The van der Waals surface area contributed by atoms with Gasteiger partial charge in [-0.2, -0.15) is 0 Å². The van der Waals surface area contributed by atoms with Gasteiger partial charge in [0.25, 0.3) is 0 Å². The molecular formula is C13H12BrFN2S. The molecule has 18 heavy (non-hydrogen) atoms. The first kappa shape index (κ1) is 13.5. The second kappa shape index (κ2) is 5.82. The molecule has 1 atom stereocenters. The van der Waals surface area contributed by atoms with Crippen molar-refractivity contribution in [1.29, 1.82) is 0 Å². The highest BCUT2D eigenvalue weighted by atomic mass is 79.9. The Bertz CT molecular complexity index is 560. The van der Waals surface area contributed by atoms with Crippen LogP contribution in [0.15, 0.2) is 50.9 Å². The molecule has 94 valence electrons. The van der Waals surface area contributed by atoms with Crippen LogP contribution in [-0.2, 0) is 0 Å². The van der Waals surface area contributed by atoms with E-state index in [-0.39, 0.29) is 11.9 Å². The van der Waals surface area contributed by atoms with Crippen LogP contribution in [0.4, 0.5) is 4.39 Å². The monoisotopic (exact) mass is 326 g/mol. The second-order valence-electron chi connectivity index (χ2n) is 3.84. The number of hydrogen-bond acceptors (Lipinski definition) is 3. The SMILES string of the molecule is CC(N)c1cccc(F)c1Sc1ncccc1Br. The third kappa shape index (κ3) is 2.91. The molecule has 2 nitrogen and oxygen atoms in total. The lowest BCUT2D eigenvalue weighted by molar-refractivity contribution is 0.591. The Morgan fingerprint density at radius 3 is 2.78 bits per heavy atom. The number of benzene rings is 1. The molecule has 0 saturated heterocycles. The molecule has 1 unspecified atom stereocenters. The number of nitrogens with two attached hydrogens (primary N) is 1. The molecule has 0 spiro atoms. The van der Waals surface area contributed by atoms with E-state index >= 15 is 0 Å². The summed E-state index contributed by atoms with van der Waals surface area (Å²) in [5.74, 6) is -0.271. The Balaban J connectivity index is 2.43. The van der Waals surface area contributed by atoms with Gasteiger partial charge in [-0.05, 0) is 46.6 Å². The summed E-state index contributed by atoms with van der Waals surface area (Å²) < 4.78 is 14.7. The highest BCUT2D eigenvalue weighted by Crippen LogP contribution is 2.36. The summed E-state index contributed by atoms with van der Waals surface area (Å²) in [7, 11) is 0. The zero-order valence-corrected chi connectivity index (χ0v) is 12.1. The molecule has 2 rings (SSSR count). The summed E-state index contributed by atoms with van der Waals surface area (Å²) in [4.78, 5) is 4.76. The standard InChI is InChI=1S/C13H12BrFN2S/c1-8(16)9-4-2-6-11(15)12(9)18-13-10(14)5-3-7-17-13/h2-8H,16H2,1H3. The summed E-state index contributed by atoms with van der Waals surface area (Å²) in [5.41, 5.74) is 6.65. The van der Waals surface area contributed by atoms with Gasteiger partial charge in [-0.25, -0.2) is 9.37 Å². The lowest BCUT2D eigenvalue weighted by atomic mass is 10.1. The van der Waals surface area contributed by atoms with Crippen LogP contribution < -0.4 is 5.73 Å². The van der Waals surface area contributed by atoms with Crippen LogP contribution >= 0.6 is 27.7 Å². The zero-order valence-electron chi connectivity index (χ0n) is 9.73. The van der Waals surface area contributed by atoms with Gasteiger partial charge in [0, 0.05) is 12.2 Å². The van der Waals surface area contributed by atoms with Gasteiger partial charge in [-0.3, -0.25) is 0 Å². The average molecular weight is 327 g/mol. The van der Waals surface area contributed by atoms with Crippen LogP contribution in [0.3, 0.4) is 0 Å². The minimum absolute atomic E-state index is 0.217. The first-order valence-electron chi connectivity index (χ1n) is 5.42. The van der Waals surface area contributed by atoms with E-state index < -0.39 is 0 Å². The molecular weight excluding hydrogens is 315 g/mol. The number of hydrogen-bond donors (Lipinski definition) is 1. The highest BCUT2D eigenvalue weighted by molar-refractivity contribution is 9.10. The topological polar surface area (TPSA) is 38.9 Å². The van der Waals surface area contributed by atoms with Crippen molar-refractivity contribution in [1.82, 2.24) is 4.98 Å². The van der Waals surface area contributed by atoms with Crippen LogP contribution in [0, 0.1) is 5.82 Å². The predicted octanol–water partition coefficient (Wildman–Crippen LogP) is 4.15. The molecule has 0 amide bonds. The maximum Gasteiger partial charge on any atom is 0.137 e. The summed E-state index contributed by atoms with van der Waals surface area (Å²) >= 11 is 4.69. The van der Waals surface area contributed by atoms with E-state index in [9.17, 15) is 4.39 Å². The fourth-order valence-electron chi connectivity index (χ4n) is 1.53. The van der Waals surface area contributed by atoms with Gasteiger partial charge in [-0.15, -0.1) is 0 Å². The van der Waals surface area contributed by atoms with Crippen LogP contribution in [-0.4, -0.2) is 4.98 Å². The van der Waals surface area contributed by atoms with Crippen LogP contribution in [0.2, 0.25) is 0 Å². The van der Waals surface area contributed by atoms with Crippen molar-refractivity contribution >= 4 is 27.7 Å². The van der Waals surface area contributed by atoms with Crippen molar-refractivity contribution in [2.24, 2.45) is 5.73 Å². The van der Waals surface area contributed by atoms with E-state index in [2.05, 4.69) is 20.9 Å². The molecule has 0 aliphatic carbocycles. The van der Waals surface area contributed by atoms with Crippen molar-refractivity contribution in [3.63, 3.8) is 0 Å². The minimum atomic E-state index is -0.271. The largest absolute Gasteiger partial charge is 0.324 e. The summed E-state index contributed by atoms with van der Waals surface area (Å²) in [6.07, 6.45) is 1.68. The van der Waals surface area contributed by atoms with Crippen molar-refractivity contribution < 1.29 is 4.39 Å². The number of aromatic nitrogens is 1. The first-order chi connectivity index (χ1) is 8.59.